The molecule has 1 rings (SSSR count). The molecule has 1 heterocycles. The summed E-state index contributed by atoms with van der Waals surface area (Å²) in [7, 11) is 0. The lowest BCUT2D eigenvalue weighted by atomic mass is 10.2. The molecule has 0 aromatic carbocycles. The fraction of sp³-hybridized carbons (Fsp3) is 0.600. The SMILES string of the molecule is Nc1ncc(Br)c(NCCCCCCO)n1. The third kappa shape index (κ3) is 4.76. The van der Waals surface area contributed by atoms with Gasteiger partial charge in [0, 0.05) is 19.3 Å². The van der Waals surface area contributed by atoms with Gasteiger partial charge in [-0.15, -0.1) is 0 Å². The Morgan fingerprint density at radius 2 is 2.06 bits per heavy atom. The Morgan fingerprint density at radius 1 is 1.31 bits per heavy atom. The van der Waals surface area contributed by atoms with Crippen LogP contribution in [0.2, 0.25) is 0 Å². The molecule has 0 aliphatic rings. The molecule has 0 atom stereocenters. The quantitative estimate of drug-likeness (QED) is 0.666. The van der Waals surface area contributed by atoms with Gasteiger partial charge in [-0.2, -0.15) is 4.98 Å². The highest BCUT2D eigenvalue weighted by atomic mass is 79.9. The molecule has 5 nitrogen and oxygen atoms in total. The second kappa shape index (κ2) is 7.40. The van der Waals surface area contributed by atoms with Crippen molar-refractivity contribution in [3.63, 3.8) is 0 Å². The van der Waals surface area contributed by atoms with Crippen molar-refractivity contribution in [1.82, 2.24) is 9.97 Å². The van der Waals surface area contributed by atoms with Crippen molar-refractivity contribution in [1.29, 1.82) is 0 Å². The Balaban J connectivity index is 2.23. The summed E-state index contributed by atoms with van der Waals surface area (Å²) in [5.41, 5.74) is 5.49. The summed E-state index contributed by atoms with van der Waals surface area (Å²) in [6.45, 7) is 1.13. The van der Waals surface area contributed by atoms with Gasteiger partial charge < -0.3 is 16.2 Å². The number of aliphatic hydroxyl groups is 1. The first-order valence-electron chi connectivity index (χ1n) is 5.37. The second-order valence-corrected chi connectivity index (χ2v) is 4.34. The van der Waals surface area contributed by atoms with Gasteiger partial charge >= 0.3 is 0 Å². The lowest BCUT2D eigenvalue weighted by molar-refractivity contribution is 0.283. The maximum absolute atomic E-state index is 8.62. The summed E-state index contributed by atoms with van der Waals surface area (Å²) < 4.78 is 0.817. The monoisotopic (exact) mass is 288 g/mol. The van der Waals surface area contributed by atoms with Gasteiger partial charge in [-0.3, -0.25) is 0 Å². The zero-order chi connectivity index (χ0) is 11.8. The molecule has 0 fully saturated rings. The molecule has 0 amide bonds. The maximum atomic E-state index is 8.62. The van der Waals surface area contributed by atoms with Gasteiger partial charge in [-0.1, -0.05) is 12.8 Å². The number of rotatable bonds is 7. The van der Waals surface area contributed by atoms with Crippen LogP contribution in [0.3, 0.4) is 0 Å². The number of nitrogens with two attached hydrogens (primary N) is 1. The topological polar surface area (TPSA) is 84.1 Å². The smallest absolute Gasteiger partial charge is 0.221 e. The minimum absolute atomic E-state index is 0.269. The highest BCUT2D eigenvalue weighted by molar-refractivity contribution is 9.10. The first kappa shape index (κ1) is 13.2. The number of nitrogens with zero attached hydrogens (tertiary/aromatic N) is 2. The second-order valence-electron chi connectivity index (χ2n) is 3.49. The normalized spacial score (nSPS) is 10.4. The maximum Gasteiger partial charge on any atom is 0.221 e. The van der Waals surface area contributed by atoms with Crippen LogP contribution in [0.5, 0.6) is 0 Å². The molecule has 0 saturated carbocycles. The summed E-state index contributed by atoms with van der Waals surface area (Å²) >= 11 is 3.35. The third-order valence-electron chi connectivity index (χ3n) is 2.14. The Kier molecular flexibility index (Phi) is 6.10. The van der Waals surface area contributed by atoms with Crippen molar-refractivity contribution >= 4 is 27.7 Å². The standard InChI is InChI=1S/C10H17BrN4O/c11-8-7-14-10(12)15-9(8)13-5-3-1-2-4-6-16/h7,16H,1-6H2,(H3,12,13,14,15). The number of anilines is 2. The minimum Gasteiger partial charge on any atom is -0.396 e. The highest BCUT2D eigenvalue weighted by Crippen LogP contribution is 2.19. The van der Waals surface area contributed by atoms with E-state index in [1.165, 1.54) is 0 Å². The van der Waals surface area contributed by atoms with Crippen molar-refractivity contribution in [2.24, 2.45) is 0 Å². The summed E-state index contributed by atoms with van der Waals surface area (Å²) in [5, 5.41) is 11.8. The van der Waals surface area contributed by atoms with Gasteiger partial charge in [0.25, 0.3) is 0 Å². The molecule has 6 heteroatoms. The van der Waals surface area contributed by atoms with Crippen LogP contribution in [-0.4, -0.2) is 28.2 Å². The molecule has 0 unspecified atom stereocenters. The molecule has 16 heavy (non-hydrogen) atoms. The van der Waals surface area contributed by atoms with Gasteiger partial charge in [0.1, 0.15) is 5.82 Å². The molecule has 1 aromatic rings. The predicted molar refractivity (Wildman–Crippen MR) is 68.2 cm³/mol. The first-order chi connectivity index (χ1) is 7.74. The van der Waals surface area contributed by atoms with E-state index in [2.05, 4.69) is 31.2 Å². The number of hydrogen-bond donors (Lipinski definition) is 3. The molecule has 4 N–H and O–H groups in total. The van der Waals surface area contributed by atoms with Crippen LogP contribution in [0.25, 0.3) is 0 Å². The number of halogens is 1. The van der Waals surface area contributed by atoms with Gasteiger partial charge in [-0.05, 0) is 28.8 Å². The van der Waals surface area contributed by atoms with E-state index < -0.39 is 0 Å². The number of nitrogens with one attached hydrogen (secondary N) is 1. The van der Waals surface area contributed by atoms with Crippen molar-refractivity contribution in [2.75, 3.05) is 24.2 Å². The molecule has 0 radical (unpaired) electrons. The average molecular weight is 289 g/mol. The van der Waals surface area contributed by atoms with Gasteiger partial charge in [0.2, 0.25) is 5.95 Å². The van der Waals surface area contributed by atoms with Gasteiger partial charge in [-0.25, -0.2) is 4.98 Å². The average Bonchev–Trinajstić information content (AvgIpc) is 2.28. The molecule has 0 aliphatic carbocycles. The van der Waals surface area contributed by atoms with E-state index in [1.807, 2.05) is 0 Å². The van der Waals surface area contributed by atoms with E-state index in [0.717, 1.165) is 42.5 Å². The van der Waals surface area contributed by atoms with Crippen molar-refractivity contribution in [3.8, 4) is 0 Å². The summed E-state index contributed by atoms with van der Waals surface area (Å²) in [5.74, 6) is 1.00. The van der Waals surface area contributed by atoms with Crippen molar-refractivity contribution in [3.05, 3.63) is 10.7 Å². The summed E-state index contributed by atoms with van der Waals surface area (Å²) in [6.07, 6.45) is 5.73. The Hall–Kier alpha value is -0.880. The van der Waals surface area contributed by atoms with Gasteiger partial charge in [0.15, 0.2) is 0 Å². The summed E-state index contributed by atoms with van der Waals surface area (Å²) in [6, 6.07) is 0. The van der Waals surface area contributed by atoms with E-state index in [4.69, 9.17) is 10.8 Å². The number of aliphatic hydroxyl groups excluding tert-OH is 1. The molecule has 0 spiro atoms. The van der Waals surface area contributed by atoms with Gasteiger partial charge in [0.05, 0.1) is 4.47 Å². The summed E-state index contributed by atoms with van der Waals surface area (Å²) in [4.78, 5) is 7.94. The van der Waals surface area contributed by atoms with E-state index in [9.17, 15) is 0 Å². The van der Waals surface area contributed by atoms with Crippen molar-refractivity contribution < 1.29 is 5.11 Å². The van der Waals surface area contributed by atoms with Crippen LogP contribution in [0.15, 0.2) is 10.7 Å². The third-order valence-corrected chi connectivity index (χ3v) is 2.72. The molecule has 0 aliphatic heterocycles. The Labute approximate surface area is 104 Å². The molecular formula is C10H17BrN4O. The van der Waals surface area contributed by atoms with E-state index in [-0.39, 0.29) is 12.6 Å². The van der Waals surface area contributed by atoms with Crippen LogP contribution in [0, 0.1) is 0 Å². The highest BCUT2D eigenvalue weighted by Gasteiger charge is 2.01. The zero-order valence-electron chi connectivity index (χ0n) is 9.12. The van der Waals surface area contributed by atoms with Crippen LogP contribution >= 0.6 is 15.9 Å². The van der Waals surface area contributed by atoms with E-state index in [0.29, 0.717) is 0 Å². The zero-order valence-corrected chi connectivity index (χ0v) is 10.7. The van der Waals surface area contributed by atoms with Crippen molar-refractivity contribution in [2.45, 2.75) is 25.7 Å². The fourth-order valence-electron chi connectivity index (χ4n) is 1.30. The van der Waals surface area contributed by atoms with E-state index >= 15 is 0 Å². The Morgan fingerprint density at radius 3 is 2.81 bits per heavy atom. The molecule has 90 valence electrons. The number of unbranched alkanes of at least 4 members (excludes halogenated alkanes) is 3. The van der Waals surface area contributed by atoms with Crippen LogP contribution in [-0.2, 0) is 0 Å². The number of hydrogen-bond acceptors (Lipinski definition) is 5. The molecular weight excluding hydrogens is 272 g/mol. The van der Waals surface area contributed by atoms with E-state index in [1.54, 1.807) is 6.20 Å². The molecule has 0 bridgehead atoms. The van der Waals surface area contributed by atoms with Crippen LogP contribution in [0.4, 0.5) is 11.8 Å². The minimum atomic E-state index is 0.269. The lowest BCUT2D eigenvalue weighted by Gasteiger charge is -2.07. The predicted octanol–water partition coefficient (Wildman–Crippen LogP) is 1.79. The largest absolute Gasteiger partial charge is 0.396 e. The van der Waals surface area contributed by atoms with Crippen LogP contribution < -0.4 is 11.1 Å². The first-order valence-corrected chi connectivity index (χ1v) is 6.16. The fourth-order valence-corrected chi connectivity index (χ4v) is 1.63. The number of aromatic nitrogens is 2. The Bertz CT molecular complexity index is 322. The molecule has 0 saturated heterocycles. The van der Waals surface area contributed by atoms with Crippen LogP contribution in [0.1, 0.15) is 25.7 Å². The lowest BCUT2D eigenvalue weighted by Crippen LogP contribution is -2.06. The molecule has 1 aromatic heterocycles. The number of nitrogen functional groups attached to an aromatic ring is 1.